The van der Waals surface area contributed by atoms with Crippen LogP contribution in [0.1, 0.15) is 342 Å². The number of rotatable bonds is 22. The predicted molar refractivity (Wildman–Crippen MR) is 383 cm³/mol. The van der Waals surface area contributed by atoms with Crippen LogP contribution in [0.5, 0.6) is 0 Å². The predicted octanol–water partition coefficient (Wildman–Crippen LogP) is 18.6. The van der Waals surface area contributed by atoms with E-state index in [0.29, 0.717) is 47.3 Å². The molecular formula is C84H136O16. The second-order valence-corrected chi connectivity index (χ2v) is 37.3. The molecule has 0 radical (unpaired) electrons. The largest absolute Gasteiger partial charge is 0.462 e. The Bertz CT molecular complexity index is 2820. The molecule has 12 fully saturated rings. The Kier molecular flexibility index (Phi) is 26.1. The van der Waals surface area contributed by atoms with E-state index in [1.165, 1.54) is 38.5 Å². The molecule has 8 bridgehead atoms. The Morgan fingerprint density at radius 3 is 0.700 bits per heavy atom. The van der Waals surface area contributed by atoms with Crippen molar-refractivity contribution in [2.75, 3.05) is 0 Å². The molecular weight excluding hydrogens is 1260 g/mol. The first-order valence-electron chi connectivity index (χ1n) is 40.8. The van der Waals surface area contributed by atoms with Crippen molar-refractivity contribution < 1.29 is 76.3 Å². The molecule has 12 rings (SSSR count). The van der Waals surface area contributed by atoms with Crippen LogP contribution in [0.2, 0.25) is 0 Å². The van der Waals surface area contributed by atoms with Gasteiger partial charge in [-0.2, -0.15) is 0 Å². The van der Waals surface area contributed by atoms with Gasteiger partial charge in [0.1, 0.15) is 46.8 Å². The van der Waals surface area contributed by atoms with Crippen molar-refractivity contribution in [3.05, 3.63) is 0 Å². The fourth-order valence-electron chi connectivity index (χ4n) is 19.5. The van der Waals surface area contributed by atoms with Gasteiger partial charge in [0, 0.05) is 0 Å². The zero-order chi connectivity index (χ0) is 73.0. The van der Waals surface area contributed by atoms with Gasteiger partial charge in [-0.05, 0) is 335 Å². The van der Waals surface area contributed by atoms with Crippen molar-refractivity contribution in [1.82, 2.24) is 0 Å². The minimum Gasteiger partial charge on any atom is -0.462 e. The van der Waals surface area contributed by atoms with Crippen molar-refractivity contribution in [3.8, 4) is 0 Å². The maximum atomic E-state index is 12.9. The van der Waals surface area contributed by atoms with Gasteiger partial charge in [-0.15, -0.1) is 0 Å². The van der Waals surface area contributed by atoms with Crippen LogP contribution < -0.4 is 0 Å². The number of carbonyl (C=O) groups is 8. The van der Waals surface area contributed by atoms with E-state index in [1.54, 1.807) is 0 Å². The fourth-order valence-corrected chi connectivity index (χ4v) is 19.5. The number of fused-ring (bicyclic) bond motifs is 8. The summed E-state index contributed by atoms with van der Waals surface area (Å²) in [7, 11) is 0. The molecule has 12 aliphatic carbocycles. The molecule has 0 aromatic heterocycles. The van der Waals surface area contributed by atoms with E-state index in [4.69, 9.17) is 37.9 Å². The molecule has 0 aromatic rings. The van der Waals surface area contributed by atoms with Crippen molar-refractivity contribution in [3.63, 3.8) is 0 Å². The summed E-state index contributed by atoms with van der Waals surface area (Å²) < 4.78 is 47.2. The van der Waals surface area contributed by atoms with Crippen LogP contribution in [-0.4, -0.2) is 94.6 Å². The standard InChI is InChI=1S/C22H36O4.2C21H34O4.C20H32O4/c1-5-21(3,4)20(24)25-18-14-15-12-16(18)13-17(15)19(23)26-22(6-2)10-8-7-9-11-22;1-5-20(2,3)19(23)24-17-13-14-11-15(17)12-16(14)18(22)25-21(4)9-7-6-8-10-21;1-5-20(3,4)19(23)24-17-13-14-11-15(17)12-16(14)18(22)25-21(6-2)9-7-8-10-21;1-5-19(2,3)18(22)23-16-12-13-10-14(16)11-15(13)17(21)24-20(4)8-6-7-9-20/h15-18H,5-14H2,1-4H3;2*14-17H,5-13H2,1-4H3;13-16H,5-12H2,1-4H3. The molecule has 0 saturated heterocycles. The number of hydrogen-bond acceptors (Lipinski definition) is 16. The van der Waals surface area contributed by atoms with Crippen molar-refractivity contribution >= 4 is 47.8 Å². The summed E-state index contributed by atoms with van der Waals surface area (Å²) in [5.41, 5.74) is -2.59. The zero-order valence-corrected chi connectivity index (χ0v) is 65.2. The second kappa shape index (κ2) is 32.6. The third kappa shape index (κ3) is 18.7. The van der Waals surface area contributed by atoms with Crippen LogP contribution in [0.25, 0.3) is 0 Å². The van der Waals surface area contributed by atoms with Crippen molar-refractivity contribution in [2.45, 2.75) is 389 Å². The fraction of sp³-hybridized carbons (Fsp3) is 0.905. The lowest BCUT2D eigenvalue weighted by Gasteiger charge is -2.38. The topological polar surface area (TPSA) is 210 Å². The maximum absolute atomic E-state index is 12.9. The molecule has 16 unspecified atom stereocenters. The first-order chi connectivity index (χ1) is 47.1. The molecule has 100 heavy (non-hydrogen) atoms. The third-order valence-electron chi connectivity index (χ3n) is 28.6. The van der Waals surface area contributed by atoms with Crippen LogP contribution in [-0.2, 0) is 76.3 Å². The molecule has 0 heterocycles. The average Bonchev–Trinajstić information content (AvgIpc) is 1.66. The van der Waals surface area contributed by atoms with Gasteiger partial charge in [-0.1, -0.05) is 54.4 Å². The molecule has 16 heteroatoms. The summed E-state index contributed by atoms with van der Waals surface area (Å²) in [6.07, 6.45) is 35.4. The summed E-state index contributed by atoms with van der Waals surface area (Å²) in [6.45, 7) is 32.0. The lowest BCUT2D eigenvalue weighted by atomic mass is 9.82. The van der Waals surface area contributed by atoms with Crippen LogP contribution in [0.4, 0.5) is 0 Å². The monoisotopic (exact) mass is 1400 g/mol. The average molecular weight is 1400 g/mol. The summed E-state index contributed by atoms with van der Waals surface area (Å²) in [4.78, 5) is 100. The number of hydrogen-bond donors (Lipinski definition) is 0. The molecule has 16 nitrogen and oxygen atoms in total. The summed E-state index contributed by atoms with van der Waals surface area (Å²) in [6, 6.07) is 0. The molecule has 0 amide bonds. The highest BCUT2D eigenvalue weighted by molar-refractivity contribution is 5.79. The maximum Gasteiger partial charge on any atom is 0.311 e. The normalized spacial score (nSPS) is 33.7. The van der Waals surface area contributed by atoms with E-state index in [9.17, 15) is 38.4 Å². The lowest BCUT2D eigenvalue weighted by Crippen LogP contribution is -2.41. The first-order valence-corrected chi connectivity index (χ1v) is 40.8. The number of esters is 8. The van der Waals surface area contributed by atoms with Gasteiger partial charge in [0.05, 0.1) is 45.3 Å². The molecule has 16 atom stereocenters. The zero-order valence-electron chi connectivity index (χ0n) is 65.2. The Morgan fingerprint density at radius 2 is 0.490 bits per heavy atom. The number of carbonyl (C=O) groups excluding carboxylic acids is 8. The number of ether oxygens (including phenoxy) is 8. The van der Waals surface area contributed by atoms with Gasteiger partial charge in [0.15, 0.2) is 0 Å². The van der Waals surface area contributed by atoms with Gasteiger partial charge in [0.25, 0.3) is 0 Å². The lowest BCUT2D eigenvalue weighted by molar-refractivity contribution is -0.174. The molecule has 12 saturated carbocycles. The highest BCUT2D eigenvalue weighted by atomic mass is 16.6. The Hall–Kier alpha value is -4.24. The van der Waals surface area contributed by atoms with Crippen LogP contribution >= 0.6 is 0 Å². The van der Waals surface area contributed by atoms with E-state index in [-0.39, 0.29) is 118 Å². The second-order valence-electron chi connectivity index (χ2n) is 37.3. The van der Waals surface area contributed by atoms with Gasteiger partial charge >= 0.3 is 47.8 Å². The smallest absolute Gasteiger partial charge is 0.311 e. The van der Waals surface area contributed by atoms with E-state index in [0.717, 1.165) is 193 Å². The molecule has 568 valence electrons. The third-order valence-corrected chi connectivity index (χ3v) is 28.6. The van der Waals surface area contributed by atoms with E-state index >= 15 is 0 Å². The quantitative estimate of drug-likeness (QED) is 0.0729. The SMILES string of the molecule is CCC(C)(C)C(=O)OC1CC2CC1CC2C(=O)OC1(C)CCCC1.CCC(C)(C)C(=O)OC1CC2CC1CC2C(=O)OC1(C)CCCCC1.CCC1(OC(=O)C2CC3CC2CC3OC(=O)C(C)(C)CC)CCCC1.CCC1(OC(=O)C2CC3CC2CC3OC(=O)C(C)(C)CC)CCCCC1. The Morgan fingerprint density at radius 1 is 0.280 bits per heavy atom. The van der Waals surface area contributed by atoms with E-state index < -0.39 is 21.7 Å². The van der Waals surface area contributed by atoms with Gasteiger partial charge in [-0.25, -0.2) is 0 Å². The van der Waals surface area contributed by atoms with Crippen LogP contribution in [0, 0.1) is 92.7 Å². The summed E-state index contributed by atoms with van der Waals surface area (Å²) in [5.74, 6) is 2.33. The van der Waals surface area contributed by atoms with Gasteiger partial charge < -0.3 is 37.9 Å². The molecule has 0 N–H and O–H groups in total. The summed E-state index contributed by atoms with van der Waals surface area (Å²) in [5, 5.41) is 0. The van der Waals surface area contributed by atoms with Gasteiger partial charge in [-0.3, -0.25) is 38.4 Å². The molecule has 0 aliphatic heterocycles. The Labute approximate surface area is 602 Å². The molecule has 0 spiro atoms. The minimum absolute atomic E-state index is 0.000516. The van der Waals surface area contributed by atoms with Crippen molar-refractivity contribution in [1.29, 1.82) is 0 Å². The molecule has 0 aromatic carbocycles. The van der Waals surface area contributed by atoms with Crippen molar-refractivity contribution in [2.24, 2.45) is 92.7 Å². The van der Waals surface area contributed by atoms with Crippen LogP contribution in [0.15, 0.2) is 0 Å². The van der Waals surface area contributed by atoms with E-state index in [1.807, 2.05) is 83.1 Å². The molecule has 12 aliphatic rings. The van der Waals surface area contributed by atoms with Gasteiger partial charge in [0.2, 0.25) is 0 Å². The minimum atomic E-state index is -0.422. The highest BCUT2D eigenvalue weighted by Gasteiger charge is 2.57. The van der Waals surface area contributed by atoms with E-state index in [2.05, 4.69) is 27.7 Å². The summed E-state index contributed by atoms with van der Waals surface area (Å²) >= 11 is 0. The Balaban J connectivity index is 0.000000156. The first kappa shape index (κ1) is 79.9. The van der Waals surface area contributed by atoms with Crippen LogP contribution in [0.3, 0.4) is 0 Å². The highest BCUT2D eigenvalue weighted by Crippen LogP contribution is 2.56.